The Labute approximate surface area is 134 Å². The van der Waals surface area contributed by atoms with Crippen LogP contribution in [0, 0.1) is 0 Å². The molecule has 0 amide bonds. The summed E-state index contributed by atoms with van der Waals surface area (Å²) >= 11 is 0. The van der Waals surface area contributed by atoms with Gasteiger partial charge in [0.05, 0.1) is 5.75 Å². The minimum atomic E-state index is -3.14. The summed E-state index contributed by atoms with van der Waals surface area (Å²) in [6.45, 7) is 4.34. The quantitative estimate of drug-likeness (QED) is 0.792. The maximum Gasteiger partial charge on any atom is 0.214 e. The second-order valence-electron chi connectivity index (χ2n) is 5.83. The first-order valence-electron chi connectivity index (χ1n) is 8.23. The van der Waals surface area contributed by atoms with Gasteiger partial charge in [-0.05, 0) is 57.3 Å². The van der Waals surface area contributed by atoms with Crippen molar-refractivity contribution in [3.05, 3.63) is 30.1 Å². The predicted octanol–water partition coefficient (Wildman–Crippen LogP) is 1.81. The molecule has 0 saturated carbocycles. The highest BCUT2D eigenvalue weighted by molar-refractivity contribution is 7.89. The first-order valence-corrected chi connectivity index (χ1v) is 9.84. The first-order chi connectivity index (χ1) is 10.6. The fourth-order valence-electron chi connectivity index (χ4n) is 2.98. The van der Waals surface area contributed by atoms with E-state index in [0.717, 1.165) is 44.5 Å². The van der Waals surface area contributed by atoms with Crippen molar-refractivity contribution in [2.24, 2.45) is 0 Å². The van der Waals surface area contributed by atoms with Crippen molar-refractivity contribution in [2.45, 2.75) is 45.1 Å². The number of sulfonamides is 1. The van der Waals surface area contributed by atoms with E-state index in [1.807, 2.05) is 25.1 Å². The van der Waals surface area contributed by atoms with Crippen LogP contribution >= 0.6 is 0 Å². The summed E-state index contributed by atoms with van der Waals surface area (Å²) in [6, 6.07) is 6.02. The number of aromatic nitrogens is 1. The van der Waals surface area contributed by atoms with Crippen molar-refractivity contribution in [3.63, 3.8) is 0 Å². The Morgan fingerprint density at radius 2 is 2.09 bits per heavy atom. The van der Waals surface area contributed by atoms with Gasteiger partial charge in [0.25, 0.3) is 0 Å². The second kappa shape index (κ2) is 8.60. The highest BCUT2D eigenvalue weighted by atomic mass is 32.2. The van der Waals surface area contributed by atoms with Crippen molar-refractivity contribution in [2.75, 3.05) is 25.4 Å². The average molecular weight is 325 g/mol. The van der Waals surface area contributed by atoms with Crippen LogP contribution in [0.3, 0.4) is 0 Å². The lowest BCUT2D eigenvalue weighted by molar-refractivity contribution is 0.260. The van der Waals surface area contributed by atoms with Crippen LogP contribution in [-0.4, -0.2) is 49.1 Å². The van der Waals surface area contributed by atoms with E-state index in [1.165, 1.54) is 0 Å². The van der Waals surface area contributed by atoms with Crippen molar-refractivity contribution in [1.82, 2.24) is 14.6 Å². The Kier molecular flexibility index (Phi) is 6.79. The highest BCUT2D eigenvalue weighted by Gasteiger charge is 2.29. The third-order valence-corrected chi connectivity index (χ3v) is 6.19. The third kappa shape index (κ3) is 5.04. The number of nitrogens with one attached hydrogen (secondary N) is 1. The summed E-state index contributed by atoms with van der Waals surface area (Å²) in [4.78, 5) is 4.31. The molecule has 1 aliphatic heterocycles. The summed E-state index contributed by atoms with van der Waals surface area (Å²) in [6.07, 6.45) is 5.92. The van der Waals surface area contributed by atoms with Gasteiger partial charge >= 0.3 is 0 Å². The third-order valence-electron chi connectivity index (χ3n) is 4.07. The van der Waals surface area contributed by atoms with Crippen LogP contribution in [0.25, 0.3) is 0 Å². The standard InChI is InChI=1S/C16H27N3O2S/c1-2-14-22(20,21)19(16-8-11-17-12-9-16)13-5-7-15-6-3-4-10-18-15/h3-4,6,10,16-17H,2,5,7-9,11-14H2,1H3. The highest BCUT2D eigenvalue weighted by Crippen LogP contribution is 2.18. The number of hydrogen-bond donors (Lipinski definition) is 1. The molecule has 0 aliphatic carbocycles. The van der Waals surface area contributed by atoms with Crippen molar-refractivity contribution >= 4 is 10.0 Å². The molecule has 2 heterocycles. The SMILES string of the molecule is CCCS(=O)(=O)N(CCCc1ccccn1)C1CCNCC1. The lowest BCUT2D eigenvalue weighted by Crippen LogP contribution is -2.47. The summed E-state index contributed by atoms with van der Waals surface area (Å²) in [5, 5.41) is 3.30. The van der Waals surface area contributed by atoms with Crippen LogP contribution < -0.4 is 5.32 Å². The number of aryl methyl sites for hydroxylation is 1. The topological polar surface area (TPSA) is 62.3 Å². The zero-order valence-electron chi connectivity index (χ0n) is 13.4. The Hall–Kier alpha value is -0.980. The summed E-state index contributed by atoms with van der Waals surface area (Å²) in [7, 11) is -3.14. The van der Waals surface area contributed by atoms with Crippen LogP contribution in [-0.2, 0) is 16.4 Å². The lowest BCUT2D eigenvalue weighted by atomic mass is 10.1. The molecule has 124 valence electrons. The number of hydrogen-bond acceptors (Lipinski definition) is 4. The molecule has 22 heavy (non-hydrogen) atoms. The van der Waals surface area contributed by atoms with Gasteiger partial charge in [-0.2, -0.15) is 4.31 Å². The van der Waals surface area contributed by atoms with Crippen LogP contribution in [0.1, 0.15) is 38.3 Å². The molecular formula is C16H27N3O2S. The molecule has 1 aromatic rings. The largest absolute Gasteiger partial charge is 0.317 e. The van der Waals surface area contributed by atoms with Gasteiger partial charge in [0.1, 0.15) is 0 Å². The number of rotatable bonds is 8. The average Bonchev–Trinajstić information content (AvgIpc) is 2.53. The monoisotopic (exact) mass is 325 g/mol. The van der Waals surface area contributed by atoms with Crippen LogP contribution in [0.2, 0.25) is 0 Å². The molecule has 1 N–H and O–H groups in total. The smallest absolute Gasteiger partial charge is 0.214 e. The molecule has 0 spiro atoms. The van der Waals surface area contributed by atoms with Crippen molar-refractivity contribution < 1.29 is 8.42 Å². The first kappa shape index (κ1) is 17.4. The number of piperidine rings is 1. The van der Waals surface area contributed by atoms with E-state index in [1.54, 1.807) is 10.5 Å². The van der Waals surface area contributed by atoms with Gasteiger partial charge in [0.15, 0.2) is 0 Å². The minimum absolute atomic E-state index is 0.154. The van der Waals surface area contributed by atoms with E-state index in [-0.39, 0.29) is 11.8 Å². The summed E-state index contributed by atoms with van der Waals surface area (Å²) in [5.74, 6) is 0.251. The zero-order valence-corrected chi connectivity index (χ0v) is 14.2. The van der Waals surface area contributed by atoms with E-state index >= 15 is 0 Å². The molecule has 6 heteroatoms. The van der Waals surface area contributed by atoms with E-state index in [2.05, 4.69) is 10.3 Å². The molecule has 1 fully saturated rings. The Morgan fingerprint density at radius 3 is 2.73 bits per heavy atom. The summed E-state index contributed by atoms with van der Waals surface area (Å²) in [5.41, 5.74) is 1.03. The number of pyridine rings is 1. The van der Waals surface area contributed by atoms with Gasteiger partial charge in [-0.25, -0.2) is 8.42 Å². The van der Waals surface area contributed by atoms with Gasteiger partial charge in [-0.15, -0.1) is 0 Å². The molecule has 0 radical (unpaired) electrons. The molecule has 0 aromatic carbocycles. The molecule has 0 atom stereocenters. The Morgan fingerprint density at radius 1 is 1.32 bits per heavy atom. The van der Waals surface area contributed by atoms with Gasteiger partial charge in [0.2, 0.25) is 10.0 Å². The molecule has 2 rings (SSSR count). The molecule has 0 unspecified atom stereocenters. The molecule has 1 saturated heterocycles. The van der Waals surface area contributed by atoms with Gasteiger partial charge in [-0.1, -0.05) is 13.0 Å². The van der Waals surface area contributed by atoms with Crippen LogP contribution in [0.4, 0.5) is 0 Å². The second-order valence-corrected chi connectivity index (χ2v) is 7.87. The molecule has 0 bridgehead atoms. The predicted molar refractivity (Wildman–Crippen MR) is 89.2 cm³/mol. The Bertz CT molecular complexity index is 528. The van der Waals surface area contributed by atoms with Crippen molar-refractivity contribution in [3.8, 4) is 0 Å². The zero-order chi connectivity index (χ0) is 15.8. The van der Waals surface area contributed by atoms with Gasteiger partial charge in [0, 0.05) is 24.5 Å². The Balaban J connectivity index is 1.97. The molecule has 1 aromatic heterocycles. The van der Waals surface area contributed by atoms with E-state index in [9.17, 15) is 8.42 Å². The van der Waals surface area contributed by atoms with Gasteiger partial charge in [-0.3, -0.25) is 4.98 Å². The van der Waals surface area contributed by atoms with E-state index < -0.39 is 10.0 Å². The fourth-order valence-corrected chi connectivity index (χ4v) is 4.80. The lowest BCUT2D eigenvalue weighted by Gasteiger charge is -2.33. The minimum Gasteiger partial charge on any atom is -0.317 e. The number of nitrogens with zero attached hydrogens (tertiary/aromatic N) is 2. The maximum atomic E-state index is 12.6. The fraction of sp³-hybridized carbons (Fsp3) is 0.688. The van der Waals surface area contributed by atoms with E-state index in [0.29, 0.717) is 13.0 Å². The molecular weight excluding hydrogens is 298 g/mol. The molecule has 1 aliphatic rings. The summed E-state index contributed by atoms with van der Waals surface area (Å²) < 4.78 is 26.9. The van der Waals surface area contributed by atoms with Crippen LogP contribution in [0.5, 0.6) is 0 Å². The normalized spacial score (nSPS) is 17.0. The van der Waals surface area contributed by atoms with Gasteiger partial charge < -0.3 is 5.32 Å². The van der Waals surface area contributed by atoms with Crippen LogP contribution in [0.15, 0.2) is 24.4 Å². The molecule has 5 nitrogen and oxygen atoms in total. The van der Waals surface area contributed by atoms with E-state index in [4.69, 9.17) is 0 Å². The van der Waals surface area contributed by atoms with Crippen molar-refractivity contribution in [1.29, 1.82) is 0 Å². The maximum absolute atomic E-state index is 12.6.